The molecule has 2 aromatic heterocycles. The fourth-order valence-electron chi connectivity index (χ4n) is 3.75. The van der Waals surface area contributed by atoms with Gasteiger partial charge in [0.05, 0.1) is 18.6 Å². The molecule has 1 aliphatic heterocycles. The SMILES string of the molecule is COc1ccc(N2C(N)=c3ccoc3=NC2c2cccc(C(=O)Nc3ccncc3)c2)cc1. The molecule has 1 aliphatic rings. The van der Waals surface area contributed by atoms with Crippen LogP contribution in [0.2, 0.25) is 0 Å². The van der Waals surface area contributed by atoms with Gasteiger partial charge in [-0.1, -0.05) is 12.1 Å². The number of anilines is 2. The summed E-state index contributed by atoms with van der Waals surface area (Å²) in [6, 6.07) is 20.1. The molecule has 3 N–H and O–H groups in total. The Morgan fingerprint density at radius 1 is 1.09 bits per heavy atom. The number of methoxy groups -OCH3 is 1. The third-order valence-corrected chi connectivity index (χ3v) is 5.40. The number of carbonyl (C=O) groups excluding carboxylic acids is 1. The maximum absolute atomic E-state index is 12.9. The molecule has 164 valence electrons. The first kappa shape index (κ1) is 20.3. The predicted molar refractivity (Wildman–Crippen MR) is 124 cm³/mol. The topological polar surface area (TPSA) is 106 Å². The number of nitrogens with one attached hydrogen (secondary N) is 1. The van der Waals surface area contributed by atoms with Gasteiger partial charge in [-0.05, 0) is 60.2 Å². The van der Waals surface area contributed by atoms with Crippen LogP contribution in [-0.2, 0) is 0 Å². The highest BCUT2D eigenvalue weighted by Gasteiger charge is 2.27. The molecule has 0 bridgehead atoms. The highest BCUT2D eigenvalue weighted by molar-refractivity contribution is 6.04. The number of hydrogen-bond donors (Lipinski definition) is 2. The molecule has 8 heteroatoms. The molecule has 5 rings (SSSR count). The number of pyridine rings is 1. The summed E-state index contributed by atoms with van der Waals surface area (Å²) in [6.07, 6.45) is 4.29. The van der Waals surface area contributed by atoms with Crippen molar-refractivity contribution < 1.29 is 13.9 Å². The van der Waals surface area contributed by atoms with Crippen LogP contribution in [0.5, 0.6) is 5.75 Å². The number of hydrogen-bond acceptors (Lipinski definition) is 7. The normalized spacial score (nSPS) is 14.9. The quantitative estimate of drug-likeness (QED) is 0.495. The molecule has 4 aromatic rings. The Bertz CT molecular complexity index is 1410. The van der Waals surface area contributed by atoms with E-state index in [1.165, 1.54) is 0 Å². The van der Waals surface area contributed by atoms with E-state index < -0.39 is 6.17 Å². The van der Waals surface area contributed by atoms with Crippen LogP contribution < -0.4 is 31.5 Å². The first-order valence-corrected chi connectivity index (χ1v) is 10.3. The van der Waals surface area contributed by atoms with Crippen molar-refractivity contribution >= 4 is 23.1 Å². The van der Waals surface area contributed by atoms with Crippen molar-refractivity contribution in [2.75, 3.05) is 17.3 Å². The molecule has 2 aromatic carbocycles. The van der Waals surface area contributed by atoms with Gasteiger partial charge in [0.1, 0.15) is 11.6 Å². The van der Waals surface area contributed by atoms with Crippen LogP contribution in [0, 0.1) is 0 Å². The van der Waals surface area contributed by atoms with Gasteiger partial charge in [-0.15, -0.1) is 0 Å². The molecule has 1 atom stereocenters. The summed E-state index contributed by atoms with van der Waals surface area (Å²) in [4.78, 5) is 23.5. The lowest BCUT2D eigenvalue weighted by Crippen LogP contribution is -2.43. The summed E-state index contributed by atoms with van der Waals surface area (Å²) >= 11 is 0. The zero-order valence-corrected chi connectivity index (χ0v) is 17.8. The highest BCUT2D eigenvalue weighted by Crippen LogP contribution is 2.33. The number of carbonyl (C=O) groups is 1. The average Bonchev–Trinajstić information content (AvgIpc) is 3.34. The van der Waals surface area contributed by atoms with Gasteiger partial charge in [0.2, 0.25) is 5.55 Å². The van der Waals surface area contributed by atoms with Crippen molar-refractivity contribution in [1.82, 2.24) is 4.98 Å². The van der Waals surface area contributed by atoms with E-state index in [1.54, 1.807) is 50.0 Å². The minimum atomic E-state index is -0.522. The van der Waals surface area contributed by atoms with Crippen molar-refractivity contribution in [3.05, 3.63) is 107 Å². The Labute approximate surface area is 189 Å². The summed E-state index contributed by atoms with van der Waals surface area (Å²) < 4.78 is 10.8. The molecule has 33 heavy (non-hydrogen) atoms. The number of fused-ring (bicyclic) bond motifs is 1. The number of nitrogens with zero attached hydrogens (tertiary/aromatic N) is 3. The smallest absolute Gasteiger partial charge is 0.255 e. The van der Waals surface area contributed by atoms with Gasteiger partial charge in [-0.3, -0.25) is 9.78 Å². The van der Waals surface area contributed by atoms with Crippen LogP contribution in [-0.4, -0.2) is 18.0 Å². The number of benzene rings is 2. The summed E-state index contributed by atoms with van der Waals surface area (Å²) in [5.74, 6) is 1.02. The minimum Gasteiger partial charge on any atom is -0.497 e. The molecule has 0 fully saturated rings. The van der Waals surface area contributed by atoms with Gasteiger partial charge in [-0.25, -0.2) is 4.99 Å². The molecule has 3 heterocycles. The van der Waals surface area contributed by atoms with Crippen LogP contribution in [0.25, 0.3) is 5.82 Å². The molecule has 0 spiro atoms. The number of ether oxygens (including phenoxy) is 1. The zero-order chi connectivity index (χ0) is 22.8. The predicted octanol–water partition coefficient (Wildman–Crippen LogP) is 2.80. The van der Waals surface area contributed by atoms with Crippen molar-refractivity contribution in [3.63, 3.8) is 0 Å². The maximum Gasteiger partial charge on any atom is 0.255 e. The van der Waals surface area contributed by atoms with Crippen molar-refractivity contribution in [2.45, 2.75) is 6.17 Å². The minimum absolute atomic E-state index is 0.231. The molecule has 1 unspecified atom stereocenters. The standard InChI is InChI=1S/C25H21N5O3/c1-32-20-7-5-19(6-8-20)30-22(26)21-11-14-33-25(21)29-23(30)16-3-2-4-17(15-16)24(31)28-18-9-12-27-13-10-18/h2-15,23H,26H2,1H3,(H,27,28,31). The largest absolute Gasteiger partial charge is 0.497 e. The molecular formula is C25H21N5O3. The van der Waals surface area contributed by atoms with Crippen LogP contribution >= 0.6 is 0 Å². The second-order valence-electron chi connectivity index (χ2n) is 7.41. The Morgan fingerprint density at radius 2 is 1.88 bits per heavy atom. The summed E-state index contributed by atoms with van der Waals surface area (Å²) in [6.45, 7) is 0. The van der Waals surface area contributed by atoms with E-state index in [0.717, 1.165) is 17.0 Å². The van der Waals surface area contributed by atoms with Crippen LogP contribution in [0.3, 0.4) is 0 Å². The lowest BCUT2D eigenvalue weighted by molar-refractivity contribution is 0.102. The first-order chi connectivity index (χ1) is 16.1. The molecule has 0 radical (unpaired) electrons. The number of amides is 1. The first-order valence-electron chi connectivity index (χ1n) is 10.3. The van der Waals surface area contributed by atoms with E-state index in [1.807, 2.05) is 47.4 Å². The second-order valence-corrected chi connectivity index (χ2v) is 7.41. The van der Waals surface area contributed by atoms with E-state index >= 15 is 0 Å². The van der Waals surface area contributed by atoms with E-state index in [2.05, 4.69) is 10.3 Å². The van der Waals surface area contributed by atoms with Gasteiger partial charge in [0, 0.05) is 29.3 Å². The number of nitrogens with two attached hydrogens (primary N) is 1. The van der Waals surface area contributed by atoms with Crippen LogP contribution in [0.1, 0.15) is 22.1 Å². The Kier molecular flexibility index (Phi) is 5.24. The number of aromatic nitrogens is 1. The zero-order valence-electron chi connectivity index (χ0n) is 17.8. The highest BCUT2D eigenvalue weighted by atomic mass is 16.5. The third kappa shape index (κ3) is 3.89. The van der Waals surface area contributed by atoms with Crippen LogP contribution in [0.4, 0.5) is 11.4 Å². The molecule has 0 saturated heterocycles. The third-order valence-electron chi connectivity index (χ3n) is 5.40. The maximum atomic E-state index is 12.9. The van der Waals surface area contributed by atoms with Crippen LogP contribution in [0.15, 0.2) is 94.8 Å². The molecule has 1 amide bonds. The molecule has 8 nitrogen and oxygen atoms in total. The fourth-order valence-corrected chi connectivity index (χ4v) is 3.75. The van der Waals surface area contributed by atoms with Crippen molar-refractivity contribution in [3.8, 4) is 5.75 Å². The van der Waals surface area contributed by atoms with E-state index in [-0.39, 0.29) is 5.91 Å². The van der Waals surface area contributed by atoms with Crippen molar-refractivity contribution in [1.29, 1.82) is 0 Å². The van der Waals surface area contributed by atoms with E-state index in [9.17, 15) is 4.79 Å². The van der Waals surface area contributed by atoms with Gasteiger partial charge in [0.15, 0.2) is 6.17 Å². The monoisotopic (exact) mass is 439 g/mol. The number of rotatable bonds is 5. The van der Waals surface area contributed by atoms with Gasteiger partial charge < -0.3 is 25.1 Å². The van der Waals surface area contributed by atoms with E-state index in [0.29, 0.717) is 27.8 Å². The lowest BCUT2D eigenvalue weighted by Gasteiger charge is -2.33. The molecule has 0 saturated carbocycles. The van der Waals surface area contributed by atoms with E-state index in [4.69, 9.17) is 19.9 Å². The Morgan fingerprint density at radius 3 is 2.64 bits per heavy atom. The summed E-state index contributed by atoms with van der Waals surface area (Å²) in [5.41, 5.74) is 9.81. The second kappa shape index (κ2) is 8.51. The van der Waals surface area contributed by atoms with Crippen molar-refractivity contribution in [2.24, 2.45) is 10.7 Å². The summed E-state index contributed by atoms with van der Waals surface area (Å²) in [7, 11) is 1.62. The summed E-state index contributed by atoms with van der Waals surface area (Å²) in [5, 5.41) is 3.60. The van der Waals surface area contributed by atoms with Gasteiger partial charge >= 0.3 is 0 Å². The molecular weight excluding hydrogens is 418 g/mol. The Hall–Kier alpha value is -4.59. The fraction of sp³-hybridized carbons (Fsp3) is 0.0800. The Balaban J connectivity index is 1.55. The lowest BCUT2D eigenvalue weighted by atomic mass is 10.1. The van der Waals surface area contributed by atoms with Gasteiger partial charge in [0.25, 0.3) is 5.91 Å². The number of furan rings is 1. The average molecular weight is 439 g/mol. The molecule has 0 aliphatic carbocycles. The van der Waals surface area contributed by atoms with Gasteiger partial charge in [-0.2, -0.15) is 0 Å².